The molecule has 12 rings (SSSR count). The highest BCUT2D eigenvalue weighted by Gasteiger charge is 2.29. The second-order valence-corrected chi connectivity index (χ2v) is 23.0. The maximum absolute atomic E-state index is 13.7. The summed E-state index contributed by atoms with van der Waals surface area (Å²) in [5.74, 6) is 2.00. The molecule has 372 valence electrons. The zero-order chi connectivity index (χ0) is 50.5. The van der Waals surface area contributed by atoms with Gasteiger partial charge in [-0.3, -0.25) is 9.97 Å². The molecular formula is C58H48N4O8S4. The maximum Gasteiger partial charge on any atom is 0.241 e. The number of pyridine rings is 2. The van der Waals surface area contributed by atoms with E-state index in [1.165, 1.54) is 12.1 Å². The maximum atomic E-state index is 13.7. The van der Waals surface area contributed by atoms with E-state index >= 15 is 0 Å². The molecule has 6 aromatic carbocycles. The highest BCUT2D eigenvalue weighted by Crippen LogP contribution is 2.42. The van der Waals surface area contributed by atoms with Crippen LogP contribution in [-0.4, -0.2) is 53.2 Å². The molecule has 0 unspecified atom stereocenters. The Labute approximate surface area is 437 Å². The van der Waals surface area contributed by atoms with Gasteiger partial charge in [-0.2, -0.15) is 9.44 Å². The van der Waals surface area contributed by atoms with Crippen LogP contribution in [0.2, 0.25) is 0 Å². The number of thiophene rings is 2. The molecule has 10 aromatic rings. The lowest BCUT2D eigenvalue weighted by Crippen LogP contribution is -2.29. The summed E-state index contributed by atoms with van der Waals surface area (Å²) in [4.78, 5) is 11.1. The van der Waals surface area contributed by atoms with Crippen LogP contribution in [0.3, 0.4) is 0 Å². The number of benzene rings is 6. The largest absolute Gasteiger partial charge is 0.490 e. The van der Waals surface area contributed by atoms with Crippen molar-refractivity contribution in [3.63, 3.8) is 0 Å². The predicted molar refractivity (Wildman–Crippen MR) is 291 cm³/mol. The number of sulfonamides is 2. The van der Waals surface area contributed by atoms with E-state index in [-0.39, 0.29) is 9.79 Å². The lowest BCUT2D eigenvalue weighted by atomic mass is 10.1. The average Bonchev–Trinajstić information content (AvgIpc) is 3.91. The van der Waals surface area contributed by atoms with Gasteiger partial charge in [0.2, 0.25) is 20.0 Å². The molecule has 6 heterocycles. The van der Waals surface area contributed by atoms with Crippen molar-refractivity contribution in [3.8, 4) is 45.5 Å². The molecule has 12 nitrogen and oxygen atoms in total. The third-order valence-corrected chi connectivity index (χ3v) is 17.8. The molecule has 0 fully saturated rings. The number of fused-ring (bicyclic) bond motifs is 4. The number of aromatic nitrogens is 2. The lowest BCUT2D eigenvalue weighted by Gasteiger charge is -2.19. The first kappa shape index (κ1) is 48.8. The Kier molecular flexibility index (Phi) is 14.2. The number of hydrogen-bond acceptors (Lipinski definition) is 12. The van der Waals surface area contributed by atoms with Gasteiger partial charge in [0, 0.05) is 67.6 Å². The van der Waals surface area contributed by atoms with Gasteiger partial charge in [0.05, 0.1) is 59.7 Å². The third-order valence-electron chi connectivity index (χ3n) is 12.4. The van der Waals surface area contributed by atoms with E-state index < -0.39 is 32.1 Å². The van der Waals surface area contributed by atoms with Crippen molar-refractivity contribution in [2.45, 2.75) is 34.7 Å². The van der Waals surface area contributed by atoms with E-state index in [0.717, 1.165) is 76.4 Å². The summed E-state index contributed by atoms with van der Waals surface area (Å²) in [5.41, 5.74) is 5.51. The summed E-state index contributed by atoms with van der Waals surface area (Å²) in [5, 5.41) is 2.08. The van der Waals surface area contributed by atoms with Gasteiger partial charge in [0.25, 0.3) is 0 Å². The van der Waals surface area contributed by atoms with Gasteiger partial charge in [-0.1, -0.05) is 109 Å². The quantitative estimate of drug-likeness (QED) is 0.121. The van der Waals surface area contributed by atoms with Gasteiger partial charge in [-0.25, -0.2) is 16.8 Å². The number of hydrogen-bond donors (Lipinski definition) is 2. The van der Waals surface area contributed by atoms with Crippen LogP contribution in [0, 0.1) is 0 Å². The van der Waals surface area contributed by atoms with Crippen molar-refractivity contribution in [3.05, 3.63) is 215 Å². The average molecular weight is 1060 g/mol. The molecule has 2 aliphatic heterocycles. The fourth-order valence-electron chi connectivity index (χ4n) is 8.84. The Bertz CT molecular complexity index is 3550. The highest BCUT2D eigenvalue weighted by molar-refractivity contribution is 7.89. The Morgan fingerprint density at radius 1 is 0.419 bits per heavy atom. The minimum absolute atomic E-state index is 0.132. The topological polar surface area (TPSA) is 155 Å². The summed E-state index contributed by atoms with van der Waals surface area (Å²) >= 11 is 3.14. The summed E-state index contributed by atoms with van der Waals surface area (Å²) in [6, 6.07) is 55.6. The molecule has 0 aliphatic carbocycles. The van der Waals surface area contributed by atoms with Crippen molar-refractivity contribution in [1.82, 2.24) is 19.4 Å². The second-order valence-electron chi connectivity index (χ2n) is 17.4. The SMILES string of the molecule is O=S(=O)(N[C@@H](c1ccccc1)c1cc2cccc(-c3ccccn3)c2s1)c1ccc2c(c1)OCCCO2.O=S(=O)(N[C@H](c1ccccc1)c1cc2cccc(-c3ccccn3)c2s1)c1ccc2c(c1)OCCCO2. The van der Waals surface area contributed by atoms with Crippen LogP contribution in [0.1, 0.15) is 45.8 Å². The molecular weight excluding hydrogens is 1010 g/mol. The van der Waals surface area contributed by atoms with Crippen LogP contribution >= 0.6 is 22.7 Å². The van der Waals surface area contributed by atoms with Crippen LogP contribution in [-0.2, 0) is 20.0 Å². The Hall–Kier alpha value is -7.44. The minimum Gasteiger partial charge on any atom is -0.490 e. The molecule has 0 amide bonds. The molecule has 0 saturated carbocycles. The highest BCUT2D eigenvalue weighted by atomic mass is 32.2. The minimum atomic E-state index is -3.89. The number of nitrogens with one attached hydrogen (secondary N) is 2. The van der Waals surface area contributed by atoms with Crippen LogP contribution in [0.15, 0.2) is 204 Å². The van der Waals surface area contributed by atoms with Crippen molar-refractivity contribution in [1.29, 1.82) is 0 Å². The second kappa shape index (κ2) is 21.6. The van der Waals surface area contributed by atoms with Crippen molar-refractivity contribution >= 4 is 62.9 Å². The first-order chi connectivity index (χ1) is 36.2. The molecule has 4 aromatic heterocycles. The molecule has 16 heteroatoms. The summed E-state index contributed by atoms with van der Waals surface area (Å²) in [6.07, 6.45) is 5.05. The smallest absolute Gasteiger partial charge is 0.241 e. The Morgan fingerprint density at radius 2 is 0.824 bits per heavy atom. The zero-order valence-electron chi connectivity index (χ0n) is 39.7. The van der Waals surface area contributed by atoms with Gasteiger partial charge < -0.3 is 18.9 Å². The van der Waals surface area contributed by atoms with Crippen molar-refractivity contribution in [2.24, 2.45) is 0 Å². The molecule has 2 aliphatic rings. The molecule has 0 radical (unpaired) electrons. The number of ether oxygens (including phenoxy) is 4. The fraction of sp³-hybridized carbons (Fsp3) is 0.138. The van der Waals surface area contributed by atoms with E-state index in [0.29, 0.717) is 49.4 Å². The van der Waals surface area contributed by atoms with Gasteiger partial charge in [-0.05, 0) is 82.6 Å². The third kappa shape index (κ3) is 10.6. The first-order valence-electron chi connectivity index (χ1n) is 24.0. The summed E-state index contributed by atoms with van der Waals surface area (Å²) in [6.45, 7) is 2.05. The van der Waals surface area contributed by atoms with Crippen LogP contribution < -0.4 is 28.4 Å². The molecule has 74 heavy (non-hydrogen) atoms. The first-order valence-corrected chi connectivity index (χ1v) is 28.6. The molecule has 2 atom stereocenters. The van der Waals surface area contributed by atoms with E-state index in [4.69, 9.17) is 18.9 Å². The number of rotatable bonds is 12. The van der Waals surface area contributed by atoms with Gasteiger partial charge in [0.15, 0.2) is 23.0 Å². The monoisotopic (exact) mass is 1060 g/mol. The predicted octanol–water partition coefficient (Wildman–Crippen LogP) is 12.4. The van der Waals surface area contributed by atoms with E-state index in [2.05, 4.69) is 31.5 Å². The van der Waals surface area contributed by atoms with Crippen LogP contribution in [0.25, 0.3) is 42.7 Å². The molecule has 0 bridgehead atoms. The lowest BCUT2D eigenvalue weighted by molar-refractivity contribution is 0.296. The van der Waals surface area contributed by atoms with Gasteiger partial charge in [-0.15, -0.1) is 22.7 Å². The Morgan fingerprint density at radius 3 is 1.23 bits per heavy atom. The van der Waals surface area contributed by atoms with Crippen LogP contribution in [0.4, 0.5) is 0 Å². The van der Waals surface area contributed by atoms with Crippen molar-refractivity contribution in [2.75, 3.05) is 26.4 Å². The zero-order valence-corrected chi connectivity index (χ0v) is 42.9. The standard InChI is InChI=1S/2C29H24N2O4S2/c2*32-37(33,22-13-14-25-26(19-22)35-17-7-16-34-25)31-28(20-8-2-1-3-9-20)27-18-21-10-6-11-23(29(21)36-27)24-12-4-5-15-30-24/h2*1-6,8-15,18-19,28,31H,7,16-17H2/t2*28-/m10/s1. The molecule has 2 N–H and O–H groups in total. The van der Waals surface area contributed by atoms with Crippen LogP contribution in [0.5, 0.6) is 23.0 Å². The molecule has 0 saturated heterocycles. The van der Waals surface area contributed by atoms with E-state index in [1.807, 2.05) is 133 Å². The van der Waals surface area contributed by atoms with E-state index in [9.17, 15) is 16.8 Å². The number of nitrogens with zero attached hydrogens (tertiary/aromatic N) is 2. The van der Waals surface area contributed by atoms with E-state index in [1.54, 1.807) is 59.3 Å². The van der Waals surface area contributed by atoms with Gasteiger partial charge >= 0.3 is 0 Å². The van der Waals surface area contributed by atoms with Gasteiger partial charge in [0.1, 0.15) is 0 Å². The summed E-state index contributed by atoms with van der Waals surface area (Å²) < 4.78 is 85.5. The summed E-state index contributed by atoms with van der Waals surface area (Å²) in [7, 11) is -7.78. The van der Waals surface area contributed by atoms with Crippen molar-refractivity contribution < 1.29 is 35.8 Å². The Balaban J connectivity index is 0.000000159. The molecule has 0 spiro atoms. The normalized spacial score (nSPS) is 14.3. The fourth-order valence-corrected chi connectivity index (χ4v) is 13.9.